The molecule has 2 aromatic rings. The van der Waals surface area contributed by atoms with E-state index in [1.54, 1.807) is 30.4 Å². The van der Waals surface area contributed by atoms with E-state index in [2.05, 4.69) is 0 Å². The standard InChI is InChI=1S/C26H34O12/c1-34-18-11-15(6-7-16(18)29)22(30)20(12-27)37-17-8-5-14(10-19(17)35-2)4-3-9-36-26-25(33)24(32)23(31)21(13-28)38-26/h3-8,10-11,20-33H,9,12-13H2,1-2H3/b4-3+/t20-,21+,22+,23+,24-,25+,26+/m0/s1. The maximum Gasteiger partial charge on any atom is 0.187 e. The smallest absolute Gasteiger partial charge is 0.187 e. The Hall–Kier alpha value is -2.94. The highest BCUT2D eigenvalue weighted by molar-refractivity contribution is 5.56. The van der Waals surface area contributed by atoms with Crippen LogP contribution in [0.5, 0.6) is 23.0 Å². The Labute approximate surface area is 219 Å². The van der Waals surface area contributed by atoms with E-state index < -0.39 is 56.1 Å². The maximum atomic E-state index is 10.7. The van der Waals surface area contributed by atoms with Gasteiger partial charge in [-0.05, 0) is 35.4 Å². The lowest BCUT2D eigenvalue weighted by atomic mass is 9.99. The zero-order valence-electron chi connectivity index (χ0n) is 21.0. The summed E-state index contributed by atoms with van der Waals surface area (Å²) in [6.07, 6.45) is -5.75. The van der Waals surface area contributed by atoms with Crippen molar-refractivity contribution < 1.29 is 59.4 Å². The molecule has 1 heterocycles. The summed E-state index contributed by atoms with van der Waals surface area (Å²) < 4.78 is 27.0. The van der Waals surface area contributed by atoms with E-state index in [9.17, 15) is 35.7 Å². The minimum atomic E-state index is -1.52. The Bertz CT molecular complexity index is 1060. The van der Waals surface area contributed by atoms with Crippen molar-refractivity contribution in [1.82, 2.24) is 0 Å². The molecule has 210 valence electrons. The van der Waals surface area contributed by atoms with Gasteiger partial charge in [-0.25, -0.2) is 0 Å². The highest BCUT2D eigenvalue weighted by atomic mass is 16.7. The number of hydrogen-bond acceptors (Lipinski definition) is 12. The molecule has 0 radical (unpaired) electrons. The molecule has 3 rings (SSSR count). The molecule has 7 N–H and O–H groups in total. The average Bonchev–Trinajstić information content (AvgIpc) is 2.94. The molecule has 38 heavy (non-hydrogen) atoms. The van der Waals surface area contributed by atoms with Crippen molar-refractivity contribution >= 4 is 6.08 Å². The first-order valence-corrected chi connectivity index (χ1v) is 11.8. The summed E-state index contributed by atoms with van der Waals surface area (Å²) in [6, 6.07) is 9.27. The summed E-state index contributed by atoms with van der Waals surface area (Å²) in [5.41, 5.74) is 1.06. The van der Waals surface area contributed by atoms with Gasteiger partial charge in [0.15, 0.2) is 35.4 Å². The SMILES string of the molecule is COc1cc([C@@H](O)[C@H](CO)Oc2ccc(/C=C/CO[C@@H]3O[C@H](CO)[C@@H](O)[C@H](O)[C@H]3O)cc2OC)ccc1O. The summed E-state index contributed by atoms with van der Waals surface area (Å²) in [7, 11) is 2.82. The molecule has 0 spiro atoms. The van der Waals surface area contributed by atoms with Gasteiger partial charge in [0.05, 0.1) is 34.0 Å². The Morgan fingerprint density at radius 1 is 0.921 bits per heavy atom. The quantitative estimate of drug-likeness (QED) is 0.187. The van der Waals surface area contributed by atoms with E-state index >= 15 is 0 Å². The maximum absolute atomic E-state index is 10.7. The van der Waals surface area contributed by atoms with E-state index in [-0.39, 0.29) is 23.9 Å². The molecule has 0 bridgehead atoms. The van der Waals surface area contributed by atoms with E-state index in [1.807, 2.05) is 0 Å². The van der Waals surface area contributed by atoms with Crippen LogP contribution in [0.2, 0.25) is 0 Å². The topological polar surface area (TPSA) is 188 Å². The summed E-state index contributed by atoms with van der Waals surface area (Å²) in [4.78, 5) is 0. The van der Waals surface area contributed by atoms with Crippen molar-refractivity contribution in [2.24, 2.45) is 0 Å². The molecular weight excluding hydrogens is 504 g/mol. The van der Waals surface area contributed by atoms with Crippen LogP contribution in [0.4, 0.5) is 0 Å². The number of phenols is 1. The van der Waals surface area contributed by atoms with Crippen LogP contribution in [0.3, 0.4) is 0 Å². The number of aliphatic hydroxyl groups excluding tert-OH is 6. The number of aliphatic hydroxyl groups is 6. The molecule has 0 aliphatic carbocycles. The molecule has 1 aliphatic heterocycles. The van der Waals surface area contributed by atoms with Crippen LogP contribution in [0.25, 0.3) is 6.08 Å². The third kappa shape index (κ3) is 6.92. The number of phenolic OH excluding ortho intramolecular Hbond substituents is 1. The lowest BCUT2D eigenvalue weighted by Gasteiger charge is -2.39. The first kappa shape index (κ1) is 29.6. The molecule has 1 saturated heterocycles. The van der Waals surface area contributed by atoms with Gasteiger partial charge in [0.25, 0.3) is 0 Å². The Balaban J connectivity index is 1.63. The average molecular weight is 539 g/mol. The van der Waals surface area contributed by atoms with Gasteiger partial charge >= 0.3 is 0 Å². The third-order valence-electron chi connectivity index (χ3n) is 6.06. The third-order valence-corrected chi connectivity index (χ3v) is 6.06. The van der Waals surface area contributed by atoms with Gasteiger partial charge in [-0.2, -0.15) is 0 Å². The summed E-state index contributed by atoms with van der Waals surface area (Å²) in [6.45, 7) is -1.07. The minimum absolute atomic E-state index is 0.0157. The van der Waals surface area contributed by atoms with Crippen LogP contribution < -0.4 is 14.2 Å². The molecule has 12 nitrogen and oxygen atoms in total. The van der Waals surface area contributed by atoms with Gasteiger partial charge in [-0.1, -0.05) is 24.3 Å². The number of hydrogen-bond donors (Lipinski definition) is 7. The number of aromatic hydroxyl groups is 1. The number of benzene rings is 2. The molecule has 0 unspecified atom stereocenters. The van der Waals surface area contributed by atoms with Gasteiger partial charge in [-0.15, -0.1) is 0 Å². The van der Waals surface area contributed by atoms with Crippen LogP contribution >= 0.6 is 0 Å². The highest BCUT2D eigenvalue weighted by Crippen LogP contribution is 2.34. The Kier molecular flexibility index (Phi) is 10.7. The lowest BCUT2D eigenvalue weighted by molar-refractivity contribution is -0.298. The van der Waals surface area contributed by atoms with E-state index in [0.29, 0.717) is 16.9 Å². The van der Waals surface area contributed by atoms with Crippen molar-refractivity contribution in [2.45, 2.75) is 42.9 Å². The fraction of sp³-hybridized carbons (Fsp3) is 0.462. The fourth-order valence-electron chi connectivity index (χ4n) is 3.88. The molecule has 0 amide bonds. The van der Waals surface area contributed by atoms with Gasteiger partial charge in [-0.3, -0.25) is 0 Å². The van der Waals surface area contributed by atoms with E-state index in [1.165, 1.54) is 32.4 Å². The molecule has 2 aromatic carbocycles. The summed E-state index contributed by atoms with van der Waals surface area (Å²) >= 11 is 0. The second kappa shape index (κ2) is 13.7. The second-order valence-electron chi connectivity index (χ2n) is 8.56. The first-order valence-electron chi connectivity index (χ1n) is 11.8. The number of ether oxygens (including phenoxy) is 5. The number of methoxy groups -OCH3 is 2. The molecule has 7 atom stereocenters. The molecular formula is C26H34O12. The number of rotatable bonds is 12. The van der Waals surface area contributed by atoms with Crippen LogP contribution in [0, 0.1) is 0 Å². The van der Waals surface area contributed by atoms with Crippen molar-refractivity contribution in [3.63, 3.8) is 0 Å². The van der Waals surface area contributed by atoms with Crippen LogP contribution in [-0.4, -0.2) is 107 Å². The van der Waals surface area contributed by atoms with Crippen molar-refractivity contribution in [1.29, 1.82) is 0 Å². The minimum Gasteiger partial charge on any atom is -0.504 e. The Morgan fingerprint density at radius 2 is 1.66 bits per heavy atom. The summed E-state index contributed by atoms with van der Waals surface area (Å²) in [5.74, 6) is 0.679. The zero-order valence-corrected chi connectivity index (χ0v) is 21.0. The largest absolute Gasteiger partial charge is 0.504 e. The normalized spacial score (nSPS) is 25.2. The van der Waals surface area contributed by atoms with Crippen LogP contribution in [0.15, 0.2) is 42.5 Å². The lowest BCUT2D eigenvalue weighted by Crippen LogP contribution is -2.59. The molecule has 0 aromatic heterocycles. The second-order valence-corrected chi connectivity index (χ2v) is 8.56. The van der Waals surface area contributed by atoms with Crippen molar-refractivity contribution in [2.75, 3.05) is 34.0 Å². The predicted molar refractivity (Wildman–Crippen MR) is 133 cm³/mol. The predicted octanol–water partition coefficient (Wildman–Crippen LogP) is -0.288. The van der Waals surface area contributed by atoms with Crippen LogP contribution in [0.1, 0.15) is 17.2 Å². The van der Waals surface area contributed by atoms with Crippen molar-refractivity contribution in [3.05, 3.63) is 53.6 Å². The zero-order chi connectivity index (χ0) is 27.8. The fourth-order valence-corrected chi connectivity index (χ4v) is 3.88. The highest BCUT2D eigenvalue weighted by Gasteiger charge is 2.43. The van der Waals surface area contributed by atoms with Crippen molar-refractivity contribution in [3.8, 4) is 23.0 Å². The molecule has 12 heteroatoms. The summed E-state index contributed by atoms with van der Waals surface area (Å²) in [5, 5.41) is 69.3. The molecule has 0 saturated carbocycles. The first-order chi connectivity index (χ1) is 18.2. The molecule has 1 fully saturated rings. The van der Waals surface area contributed by atoms with E-state index in [0.717, 1.165) is 0 Å². The van der Waals surface area contributed by atoms with E-state index in [4.69, 9.17) is 23.7 Å². The Morgan fingerprint density at radius 3 is 2.32 bits per heavy atom. The van der Waals surface area contributed by atoms with Crippen LogP contribution in [-0.2, 0) is 9.47 Å². The molecule has 1 aliphatic rings. The van der Waals surface area contributed by atoms with Gasteiger partial charge < -0.3 is 59.4 Å². The van der Waals surface area contributed by atoms with Gasteiger partial charge in [0.2, 0.25) is 0 Å². The van der Waals surface area contributed by atoms with Gasteiger partial charge in [0.1, 0.15) is 30.5 Å². The van der Waals surface area contributed by atoms with Gasteiger partial charge in [0, 0.05) is 0 Å². The monoisotopic (exact) mass is 538 g/mol.